The normalized spacial score (nSPS) is 10.4. The first-order valence-corrected chi connectivity index (χ1v) is 9.42. The molecule has 2 aromatic rings. The lowest BCUT2D eigenvalue weighted by atomic mass is 10.1. The van der Waals surface area contributed by atoms with E-state index in [1.807, 2.05) is 0 Å². The summed E-state index contributed by atoms with van der Waals surface area (Å²) in [6.07, 6.45) is 1.79. The molecular formula is C17H22N6O4S. The SMILES string of the molecule is CC(=O)Nc1cc(NCCCCN)ccc1C(=O)Nc1nc(C)c([N+](=O)[O-])s1. The third-order valence-corrected chi connectivity index (χ3v) is 4.72. The zero-order valence-corrected chi connectivity index (χ0v) is 16.4. The van der Waals surface area contributed by atoms with Crippen molar-refractivity contribution >= 4 is 44.7 Å². The van der Waals surface area contributed by atoms with E-state index in [0.717, 1.165) is 29.9 Å². The van der Waals surface area contributed by atoms with Crippen molar-refractivity contribution in [3.05, 3.63) is 39.6 Å². The van der Waals surface area contributed by atoms with E-state index < -0.39 is 10.8 Å². The lowest BCUT2D eigenvalue weighted by molar-refractivity contribution is -0.380. The maximum absolute atomic E-state index is 12.6. The van der Waals surface area contributed by atoms with Crippen LogP contribution in [0.1, 0.15) is 35.8 Å². The topological polar surface area (TPSA) is 152 Å². The molecular weight excluding hydrogens is 384 g/mol. The van der Waals surface area contributed by atoms with E-state index >= 15 is 0 Å². The predicted octanol–water partition coefficient (Wildman–Crippen LogP) is 2.72. The Morgan fingerprint density at radius 1 is 1.29 bits per heavy atom. The Morgan fingerprint density at radius 2 is 2.04 bits per heavy atom. The highest BCUT2D eigenvalue weighted by molar-refractivity contribution is 7.19. The maximum Gasteiger partial charge on any atom is 0.348 e. The second kappa shape index (κ2) is 9.76. The molecule has 150 valence electrons. The monoisotopic (exact) mass is 406 g/mol. The number of benzene rings is 1. The van der Waals surface area contributed by atoms with Gasteiger partial charge in [0.2, 0.25) is 5.91 Å². The highest BCUT2D eigenvalue weighted by Crippen LogP contribution is 2.30. The van der Waals surface area contributed by atoms with Crippen molar-refractivity contribution in [2.75, 3.05) is 29.0 Å². The molecule has 28 heavy (non-hydrogen) atoms. The maximum atomic E-state index is 12.6. The molecule has 0 saturated heterocycles. The quantitative estimate of drug-likeness (QED) is 0.284. The standard InChI is InChI=1S/C17H22N6O4S/c1-10-16(23(26)27)28-17(20-10)22-15(25)13-6-5-12(19-8-4-3-7-18)9-14(13)21-11(2)24/h5-6,9,19H,3-4,7-8,18H2,1-2H3,(H,21,24)(H,20,22,25). The number of hydrogen-bond donors (Lipinski definition) is 4. The molecule has 0 atom stereocenters. The number of rotatable bonds is 9. The van der Waals surface area contributed by atoms with E-state index in [1.165, 1.54) is 13.8 Å². The molecule has 0 aliphatic heterocycles. The Bertz CT molecular complexity index is 883. The van der Waals surface area contributed by atoms with Crippen molar-refractivity contribution in [3.8, 4) is 0 Å². The number of nitrogens with one attached hydrogen (secondary N) is 3. The number of hydrogen-bond acceptors (Lipinski definition) is 8. The van der Waals surface area contributed by atoms with Crippen LogP contribution in [-0.2, 0) is 4.79 Å². The second-order valence-corrected chi connectivity index (χ2v) is 6.96. The van der Waals surface area contributed by atoms with Crippen LogP contribution in [0.2, 0.25) is 0 Å². The molecule has 10 nitrogen and oxygen atoms in total. The minimum atomic E-state index is -0.545. The van der Waals surface area contributed by atoms with Crippen molar-refractivity contribution in [1.29, 1.82) is 0 Å². The highest BCUT2D eigenvalue weighted by Gasteiger charge is 2.20. The zero-order valence-electron chi connectivity index (χ0n) is 15.6. The van der Waals surface area contributed by atoms with Crippen LogP contribution < -0.4 is 21.7 Å². The van der Waals surface area contributed by atoms with Crippen molar-refractivity contribution in [2.24, 2.45) is 5.73 Å². The number of carbonyl (C=O) groups excluding carboxylic acids is 2. The molecule has 0 bridgehead atoms. The Labute approximate surface area is 165 Å². The first-order valence-electron chi connectivity index (χ1n) is 8.60. The average molecular weight is 406 g/mol. The van der Waals surface area contributed by atoms with Crippen LogP contribution in [0.3, 0.4) is 0 Å². The average Bonchev–Trinajstić information content (AvgIpc) is 2.98. The number of nitrogens with two attached hydrogens (primary N) is 1. The molecule has 11 heteroatoms. The summed E-state index contributed by atoms with van der Waals surface area (Å²) in [6.45, 7) is 4.17. The molecule has 0 radical (unpaired) electrons. The van der Waals surface area contributed by atoms with Crippen molar-refractivity contribution < 1.29 is 14.5 Å². The lowest BCUT2D eigenvalue weighted by Gasteiger charge is -2.13. The fraction of sp³-hybridized carbons (Fsp3) is 0.353. The lowest BCUT2D eigenvalue weighted by Crippen LogP contribution is -2.17. The fourth-order valence-electron chi connectivity index (χ4n) is 2.42. The van der Waals surface area contributed by atoms with Gasteiger partial charge in [-0.25, -0.2) is 4.98 Å². The Morgan fingerprint density at radius 3 is 2.64 bits per heavy atom. The molecule has 0 aliphatic carbocycles. The Kier molecular flexibility index (Phi) is 7.41. The zero-order chi connectivity index (χ0) is 20.7. The number of aromatic nitrogens is 1. The predicted molar refractivity (Wildman–Crippen MR) is 109 cm³/mol. The van der Waals surface area contributed by atoms with Crippen LogP contribution in [0.4, 0.5) is 21.5 Å². The van der Waals surface area contributed by atoms with Crippen molar-refractivity contribution in [1.82, 2.24) is 4.98 Å². The summed E-state index contributed by atoms with van der Waals surface area (Å²) in [5.41, 5.74) is 6.99. The van der Waals surface area contributed by atoms with Crippen LogP contribution in [0.15, 0.2) is 18.2 Å². The molecule has 5 N–H and O–H groups in total. The molecule has 0 aliphatic rings. The number of amides is 2. The van der Waals surface area contributed by atoms with Gasteiger partial charge >= 0.3 is 5.00 Å². The van der Waals surface area contributed by atoms with E-state index in [0.29, 0.717) is 18.8 Å². The first-order chi connectivity index (χ1) is 13.3. The van der Waals surface area contributed by atoms with Crippen LogP contribution in [0.5, 0.6) is 0 Å². The summed E-state index contributed by atoms with van der Waals surface area (Å²) in [6, 6.07) is 4.95. The molecule has 2 amide bonds. The van der Waals surface area contributed by atoms with Crippen LogP contribution >= 0.6 is 11.3 Å². The van der Waals surface area contributed by atoms with Crippen LogP contribution in [0.25, 0.3) is 0 Å². The van der Waals surface area contributed by atoms with E-state index in [4.69, 9.17) is 5.73 Å². The van der Waals surface area contributed by atoms with Gasteiger partial charge in [-0.2, -0.15) is 0 Å². The van der Waals surface area contributed by atoms with Gasteiger partial charge in [0.1, 0.15) is 5.69 Å². The van der Waals surface area contributed by atoms with Gasteiger partial charge in [-0.05, 0) is 55.8 Å². The third kappa shape index (κ3) is 5.72. The van der Waals surface area contributed by atoms with Gasteiger partial charge in [0.15, 0.2) is 5.13 Å². The number of unbranched alkanes of at least 4 members (excludes halogenated alkanes) is 1. The Balaban J connectivity index is 2.19. The molecule has 1 heterocycles. The Hall–Kier alpha value is -3.05. The number of nitrogens with zero attached hydrogens (tertiary/aromatic N) is 2. The number of aryl methyl sites for hydroxylation is 1. The van der Waals surface area contributed by atoms with Crippen LogP contribution in [-0.4, -0.2) is 34.8 Å². The summed E-state index contributed by atoms with van der Waals surface area (Å²) in [7, 11) is 0. The van der Waals surface area contributed by atoms with Crippen LogP contribution in [0, 0.1) is 17.0 Å². The van der Waals surface area contributed by atoms with E-state index in [-0.39, 0.29) is 27.3 Å². The van der Waals surface area contributed by atoms with Gasteiger partial charge in [-0.1, -0.05) is 0 Å². The van der Waals surface area contributed by atoms with Gasteiger partial charge in [0.05, 0.1) is 16.2 Å². The van der Waals surface area contributed by atoms with Gasteiger partial charge in [0, 0.05) is 19.2 Å². The smallest absolute Gasteiger partial charge is 0.348 e. The third-order valence-electron chi connectivity index (χ3n) is 3.69. The molecule has 1 aromatic carbocycles. The van der Waals surface area contributed by atoms with E-state index in [1.54, 1.807) is 18.2 Å². The minimum Gasteiger partial charge on any atom is -0.385 e. The van der Waals surface area contributed by atoms with Gasteiger partial charge in [-0.3, -0.25) is 25.0 Å². The van der Waals surface area contributed by atoms with E-state index in [2.05, 4.69) is 20.9 Å². The van der Waals surface area contributed by atoms with E-state index in [9.17, 15) is 19.7 Å². The second-order valence-electron chi connectivity index (χ2n) is 5.98. The molecule has 1 aromatic heterocycles. The molecule has 2 rings (SSSR count). The summed E-state index contributed by atoms with van der Waals surface area (Å²) in [5.74, 6) is -0.850. The molecule has 0 unspecified atom stereocenters. The molecule has 0 fully saturated rings. The van der Waals surface area contributed by atoms with Gasteiger partial charge in [0.25, 0.3) is 5.91 Å². The van der Waals surface area contributed by atoms with Crippen molar-refractivity contribution in [3.63, 3.8) is 0 Å². The summed E-state index contributed by atoms with van der Waals surface area (Å²) in [5, 5.41) is 19.3. The molecule has 0 spiro atoms. The summed E-state index contributed by atoms with van der Waals surface area (Å²) < 4.78 is 0. The van der Waals surface area contributed by atoms with Gasteiger partial charge in [-0.15, -0.1) is 0 Å². The van der Waals surface area contributed by atoms with Gasteiger partial charge < -0.3 is 16.4 Å². The number of nitro groups is 1. The summed E-state index contributed by atoms with van der Waals surface area (Å²) in [4.78, 5) is 38.5. The largest absolute Gasteiger partial charge is 0.385 e. The minimum absolute atomic E-state index is 0.118. The highest BCUT2D eigenvalue weighted by atomic mass is 32.1. The van der Waals surface area contributed by atoms with Crippen molar-refractivity contribution in [2.45, 2.75) is 26.7 Å². The number of thiazole rings is 1. The number of anilines is 3. The summed E-state index contributed by atoms with van der Waals surface area (Å²) >= 11 is 0.777. The fourth-order valence-corrected chi connectivity index (χ4v) is 3.20. The molecule has 0 saturated carbocycles. The number of carbonyl (C=O) groups is 2. The first kappa shape index (κ1) is 21.3.